The fourth-order valence-electron chi connectivity index (χ4n) is 4.51. The number of fused-ring (bicyclic) bond motifs is 3. The van der Waals surface area contributed by atoms with Crippen molar-refractivity contribution in [3.63, 3.8) is 0 Å². The minimum atomic E-state index is 0.309. The van der Waals surface area contributed by atoms with Gasteiger partial charge in [0.05, 0.1) is 11.9 Å². The molecule has 1 saturated heterocycles. The van der Waals surface area contributed by atoms with Crippen molar-refractivity contribution in [3.8, 4) is 5.75 Å². The molecular weight excluding hydrogens is 382 g/mol. The lowest BCUT2D eigenvalue weighted by molar-refractivity contribution is 0.244. The number of phenols is 1. The van der Waals surface area contributed by atoms with Crippen molar-refractivity contribution in [3.05, 3.63) is 40.5 Å². The quantitative estimate of drug-likeness (QED) is 0.644. The molecule has 0 spiro atoms. The highest BCUT2D eigenvalue weighted by Crippen LogP contribution is 2.37. The van der Waals surface area contributed by atoms with Crippen LogP contribution in [0.3, 0.4) is 0 Å². The lowest BCUT2D eigenvalue weighted by Crippen LogP contribution is -2.46. The van der Waals surface area contributed by atoms with Crippen LogP contribution in [0.4, 0.5) is 11.5 Å². The predicted octanol–water partition coefficient (Wildman–Crippen LogP) is 3.57. The van der Waals surface area contributed by atoms with Gasteiger partial charge in [0.1, 0.15) is 22.2 Å². The molecule has 2 aliphatic rings. The summed E-state index contributed by atoms with van der Waals surface area (Å²) in [6.45, 7) is 4.57. The number of nitrogen functional groups attached to an aromatic ring is 1. The Morgan fingerprint density at radius 3 is 2.52 bits per heavy atom. The van der Waals surface area contributed by atoms with Gasteiger partial charge < -0.3 is 15.7 Å². The largest absolute Gasteiger partial charge is 0.508 e. The van der Waals surface area contributed by atoms with E-state index < -0.39 is 0 Å². The Kier molecular flexibility index (Phi) is 5.01. The molecule has 152 valence electrons. The van der Waals surface area contributed by atoms with Crippen LogP contribution < -0.4 is 10.6 Å². The Morgan fingerprint density at radius 2 is 1.72 bits per heavy atom. The molecule has 7 heteroatoms. The minimum absolute atomic E-state index is 0.309. The molecule has 6 nitrogen and oxygen atoms in total. The van der Waals surface area contributed by atoms with Gasteiger partial charge in [-0.3, -0.25) is 4.90 Å². The number of nitrogens with zero attached hydrogens (tertiary/aromatic N) is 4. The van der Waals surface area contributed by atoms with E-state index in [9.17, 15) is 5.11 Å². The molecule has 3 N–H and O–H groups in total. The second-order valence-corrected chi connectivity index (χ2v) is 9.13. The molecule has 0 bridgehead atoms. The monoisotopic (exact) mass is 409 g/mol. The second kappa shape index (κ2) is 7.80. The third-order valence-electron chi connectivity index (χ3n) is 6.09. The van der Waals surface area contributed by atoms with E-state index in [1.54, 1.807) is 12.1 Å². The van der Waals surface area contributed by atoms with Crippen LogP contribution >= 0.6 is 11.3 Å². The van der Waals surface area contributed by atoms with E-state index in [1.807, 2.05) is 23.5 Å². The van der Waals surface area contributed by atoms with Gasteiger partial charge in [-0.25, -0.2) is 9.97 Å². The number of nitrogens with two attached hydrogens (primary N) is 1. The van der Waals surface area contributed by atoms with Crippen molar-refractivity contribution in [1.29, 1.82) is 0 Å². The number of rotatable bonds is 3. The number of anilines is 2. The fraction of sp³-hybridized carbons (Fsp3) is 0.455. The van der Waals surface area contributed by atoms with Gasteiger partial charge in [-0.05, 0) is 55.5 Å². The second-order valence-electron chi connectivity index (χ2n) is 8.05. The first-order chi connectivity index (χ1) is 14.2. The van der Waals surface area contributed by atoms with Gasteiger partial charge in [-0.15, -0.1) is 11.3 Å². The number of piperazine rings is 1. The lowest BCUT2D eigenvalue weighted by atomic mass is 10.1. The Balaban J connectivity index is 1.29. The molecule has 3 heterocycles. The molecule has 1 aliphatic carbocycles. The number of thiophene rings is 1. The summed E-state index contributed by atoms with van der Waals surface area (Å²) in [6, 6.07) is 7.44. The number of benzene rings is 1. The van der Waals surface area contributed by atoms with E-state index in [2.05, 4.69) is 14.8 Å². The maximum atomic E-state index is 9.48. The van der Waals surface area contributed by atoms with Gasteiger partial charge in [-0.2, -0.15) is 0 Å². The van der Waals surface area contributed by atoms with Crippen LogP contribution in [0.1, 0.15) is 35.5 Å². The first-order valence-electron chi connectivity index (χ1n) is 10.5. The number of aromatic hydroxyl groups is 1. The van der Waals surface area contributed by atoms with Crippen molar-refractivity contribution in [1.82, 2.24) is 14.9 Å². The molecule has 0 saturated carbocycles. The van der Waals surface area contributed by atoms with Crippen LogP contribution in [-0.4, -0.2) is 46.2 Å². The summed E-state index contributed by atoms with van der Waals surface area (Å²) in [5.41, 5.74) is 8.97. The topological polar surface area (TPSA) is 78.5 Å². The summed E-state index contributed by atoms with van der Waals surface area (Å²) >= 11 is 1.82. The summed E-state index contributed by atoms with van der Waals surface area (Å²) in [5, 5.41) is 10.6. The Hall–Kier alpha value is -2.38. The zero-order valence-electron chi connectivity index (χ0n) is 16.6. The maximum Gasteiger partial charge on any atom is 0.146 e. The maximum absolute atomic E-state index is 9.48. The number of hydrogen-bond donors (Lipinski definition) is 2. The van der Waals surface area contributed by atoms with Gasteiger partial charge >= 0.3 is 0 Å². The van der Waals surface area contributed by atoms with E-state index >= 15 is 0 Å². The average Bonchev–Trinajstić information content (AvgIpc) is 2.91. The molecule has 5 rings (SSSR count). The van der Waals surface area contributed by atoms with Gasteiger partial charge in [0.2, 0.25) is 0 Å². The molecule has 1 aliphatic heterocycles. The summed E-state index contributed by atoms with van der Waals surface area (Å²) < 4.78 is 0. The minimum Gasteiger partial charge on any atom is -0.508 e. The number of aromatic nitrogens is 2. The zero-order valence-corrected chi connectivity index (χ0v) is 17.4. The van der Waals surface area contributed by atoms with Crippen LogP contribution in [0.2, 0.25) is 0 Å². The van der Waals surface area contributed by atoms with E-state index in [1.165, 1.54) is 29.7 Å². The SMILES string of the molecule is Nc1nc(CN2CCN(c3ccc(O)cc3)CC2)nc2sc3c(c12)CCCCC3. The lowest BCUT2D eigenvalue weighted by Gasteiger charge is -2.35. The van der Waals surface area contributed by atoms with E-state index in [0.717, 1.165) is 67.3 Å². The summed E-state index contributed by atoms with van der Waals surface area (Å²) in [6.07, 6.45) is 6.08. The Bertz CT molecular complexity index is 1010. The van der Waals surface area contributed by atoms with Crippen molar-refractivity contribution in [2.45, 2.75) is 38.6 Å². The highest BCUT2D eigenvalue weighted by atomic mass is 32.1. The van der Waals surface area contributed by atoms with Crippen molar-refractivity contribution < 1.29 is 5.11 Å². The van der Waals surface area contributed by atoms with E-state index in [-0.39, 0.29) is 0 Å². The fourth-order valence-corrected chi connectivity index (χ4v) is 5.79. The highest BCUT2D eigenvalue weighted by Gasteiger charge is 2.22. The van der Waals surface area contributed by atoms with Gasteiger partial charge in [0.15, 0.2) is 0 Å². The third kappa shape index (κ3) is 3.76. The summed E-state index contributed by atoms with van der Waals surface area (Å²) in [4.78, 5) is 16.9. The normalized spacial score (nSPS) is 18.0. The van der Waals surface area contributed by atoms with Crippen molar-refractivity contribution in [2.75, 3.05) is 36.8 Å². The number of aryl methyl sites for hydroxylation is 2. The van der Waals surface area contributed by atoms with Crippen molar-refractivity contribution in [2.24, 2.45) is 0 Å². The molecule has 0 amide bonds. The van der Waals surface area contributed by atoms with Crippen LogP contribution in [-0.2, 0) is 19.4 Å². The molecule has 1 aromatic carbocycles. The molecule has 3 aromatic rings. The Morgan fingerprint density at radius 1 is 0.966 bits per heavy atom. The highest BCUT2D eigenvalue weighted by molar-refractivity contribution is 7.19. The predicted molar refractivity (Wildman–Crippen MR) is 119 cm³/mol. The van der Waals surface area contributed by atoms with Gasteiger partial charge in [-0.1, -0.05) is 6.42 Å². The summed E-state index contributed by atoms with van der Waals surface area (Å²) in [7, 11) is 0. The molecule has 0 atom stereocenters. The molecule has 1 fully saturated rings. The first kappa shape index (κ1) is 18.6. The van der Waals surface area contributed by atoms with E-state index in [0.29, 0.717) is 11.6 Å². The molecule has 0 unspecified atom stereocenters. The molecule has 2 aromatic heterocycles. The smallest absolute Gasteiger partial charge is 0.146 e. The number of hydrogen-bond acceptors (Lipinski definition) is 7. The van der Waals surface area contributed by atoms with Crippen LogP contribution in [0, 0.1) is 0 Å². The first-order valence-corrected chi connectivity index (χ1v) is 11.3. The van der Waals surface area contributed by atoms with Gasteiger partial charge in [0, 0.05) is 36.7 Å². The number of phenolic OH excluding ortho intramolecular Hbond substituents is 1. The van der Waals surface area contributed by atoms with Gasteiger partial charge in [0.25, 0.3) is 0 Å². The third-order valence-corrected chi connectivity index (χ3v) is 7.28. The van der Waals surface area contributed by atoms with Crippen LogP contribution in [0.25, 0.3) is 10.2 Å². The van der Waals surface area contributed by atoms with Crippen molar-refractivity contribution >= 4 is 33.1 Å². The summed E-state index contributed by atoms with van der Waals surface area (Å²) in [5.74, 6) is 1.81. The van der Waals surface area contributed by atoms with E-state index in [4.69, 9.17) is 10.7 Å². The van der Waals surface area contributed by atoms with Crippen LogP contribution in [0.15, 0.2) is 24.3 Å². The standard InChI is InChI=1S/C22H27N5OS/c23-21-20-17-4-2-1-3-5-18(17)29-22(20)25-19(24-21)14-26-10-12-27(13-11-26)15-6-8-16(28)9-7-15/h6-9,28H,1-5,10-14H2,(H2,23,24,25). The van der Waals surface area contributed by atoms with Crippen LogP contribution in [0.5, 0.6) is 5.75 Å². The average molecular weight is 410 g/mol. The molecular formula is C22H27N5OS. The molecule has 0 radical (unpaired) electrons. The zero-order chi connectivity index (χ0) is 19.8. The Labute approximate surface area is 175 Å². The molecule has 29 heavy (non-hydrogen) atoms.